The number of aryl methyl sites for hydroxylation is 2. The minimum atomic E-state index is 0.867. The molecule has 0 aliphatic rings. The number of anilines is 1. The number of benzene rings is 1. The summed E-state index contributed by atoms with van der Waals surface area (Å²) >= 11 is 0. The minimum absolute atomic E-state index is 0.867. The van der Waals surface area contributed by atoms with Crippen LogP contribution in [-0.4, -0.2) is 32.8 Å². The van der Waals surface area contributed by atoms with Crippen molar-refractivity contribution in [3.63, 3.8) is 0 Å². The Balaban J connectivity index is 2.14. The Morgan fingerprint density at radius 1 is 1.04 bits per heavy atom. The zero-order chi connectivity index (χ0) is 17.1. The monoisotopic (exact) mass is 323 g/mol. The highest BCUT2D eigenvalue weighted by Gasteiger charge is 2.16. The van der Waals surface area contributed by atoms with Crippen molar-refractivity contribution in [3.8, 4) is 5.69 Å². The highest BCUT2D eigenvalue weighted by Crippen LogP contribution is 2.26. The second-order valence-electron chi connectivity index (χ2n) is 6.27. The van der Waals surface area contributed by atoms with Gasteiger partial charge in [-0.15, -0.1) is 0 Å². The third-order valence-corrected chi connectivity index (χ3v) is 4.22. The van der Waals surface area contributed by atoms with Gasteiger partial charge in [-0.3, -0.25) is 0 Å². The number of hydrogen-bond donors (Lipinski definition) is 0. The summed E-state index contributed by atoms with van der Waals surface area (Å²) in [6, 6.07) is 6.40. The van der Waals surface area contributed by atoms with E-state index >= 15 is 0 Å². The summed E-state index contributed by atoms with van der Waals surface area (Å²) in [6.45, 7) is 10.6. The summed E-state index contributed by atoms with van der Waals surface area (Å²) in [5.74, 6) is 0.986. The molecule has 0 aliphatic carbocycles. The van der Waals surface area contributed by atoms with Crippen LogP contribution in [0.5, 0.6) is 0 Å². The minimum Gasteiger partial charge on any atom is -0.356 e. The van der Waals surface area contributed by atoms with Crippen molar-refractivity contribution >= 4 is 16.9 Å². The average molecular weight is 323 g/mol. The van der Waals surface area contributed by atoms with Crippen LogP contribution in [0.25, 0.3) is 16.7 Å². The molecule has 0 N–H and O–H groups in total. The molecule has 0 saturated carbocycles. The van der Waals surface area contributed by atoms with E-state index in [1.165, 1.54) is 11.1 Å². The van der Waals surface area contributed by atoms with Gasteiger partial charge in [-0.2, -0.15) is 5.10 Å². The zero-order valence-corrected chi connectivity index (χ0v) is 15.0. The molecular formula is C19H25N5. The first-order chi connectivity index (χ1) is 11.7. The van der Waals surface area contributed by atoms with Gasteiger partial charge in [-0.25, -0.2) is 14.6 Å². The summed E-state index contributed by atoms with van der Waals surface area (Å²) in [7, 11) is 0. The van der Waals surface area contributed by atoms with Gasteiger partial charge in [0.25, 0.3) is 0 Å². The normalized spacial score (nSPS) is 11.2. The lowest BCUT2D eigenvalue weighted by molar-refractivity contribution is 0.736. The number of rotatable bonds is 6. The molecule has 0 atom stereocenters. The van der Waals surface area contributed by atoms with E-state index in [9.17, 15) is 0 Å². The first kappa shape index (κ1) is 16.4. The van der Waals surface area contributed by atoms with E-state index in [0.717, 1.165) is 48.5 Å². The quantitative estimate of drug-likeness (QED) is 0.686. The Hall–Kier alpha value is -2.43. The molecule has 0 unspecified atom stereocenters. The summed E-state index contributed by atoms with van der Waals surface area (Å²) < 4.78 is 1.93. The van der Waals surface area contributed by atoms with Gasteiger partial charge in [-0.1, -0.05) is 26.0 Å². The lowest BCUT2D eigenvalue weighted by Crippen LogP contribution is -2.26. The number of hydrogen-bond acceptors (Lipinski definition) is 4. The Morgan fingerprint density at radius 2 is 1.79 bits per heavy atom. The van der Waals surface area contributed by atoms with Crippen LogP contribution in [-0.2, 0) is 0 Å². The summed E-state index contributed by atoms with van der Waals surface area (Å²) in [5, 5.41) is 5.63. The molecule has 0 aliphatic heterocycles. The van der Waals surface area contributed by atoms with Gasteiger partial charge in [-0.05, 0) is 43.9 Å². The van der Waals surface area contributed by atoms with Gasteiger partial charge in [0.1, 0.15) is 12.1 Å². The Labute approximate surface area is 143 Å². The SMILES string of the molecule is CCCN(CCC)c1ncnc2c1cnn2-c1cc(C)ccc1C. The maximum atomic E-state index is 4.62. The highest BCUT2D eigenvalue weighted by molar-refractivity contribution is 5.87. The van der Waals surface area contributed by atoms with Crippen molar-refractivity contribution in [1.29, 1.82) is 0 Å². The largest absolute Gasteiger partial charge is 0.356 e. The van der Waals surface area contributed by atoms with Gasteiger partial charge in [0.05, 0.1) is 17.3 Å². The van der Waals surface area contributed by atoms with Crippen molar-refractivity contribution in [2.75, 3.05) is 18.0 Å². The smallest absolute Gasteiger partial charge is 0.168 e. The maximum absolute atomic E-state index is 4.62. The molecule has 0 fully saturated rings. The van der Waals surface area contributed by atoms with Crippen molar-refractivity contribution in [2.24, 2.45) is 0 Å². The van der Waals surface area contributed by atoms with E-state index in [2.05, 4.69) is 65.9 Å². The van der Waals surface area contributed by atoms with Crippen LogP contribution in [0.1, 0.15) is 37.8 Å². The van der Waals surface area contributed by atoms with Gasteiger partial charge in [0.2, 0.25) is 0 Å². The van der Waals surface area contributed by atoms with Gasteiger partial charge >= 0.3 is 0 Å². The third-order valence-electron chi connectivity index (χ3n) is 4.22. The molecule has 1 aromatic carbocycles. The molecular weight excluding hydrogens is 298 g/mol. The Kier molecular flexibility index (Phi) is 4.79. The molecule has 0 amide bonds. The Bertz CT molecular complexity index is 831. The van der Waals surface area contributed by atoms with Crippen LogP contribution in [0.2, 0.25) is 0 Å². The van der Waals surface area contributed by atoms with Gasteiger partial charge < -0.3 is 4.90 Å². The lowest BCUT2D eigenvalue weighted by Gasteiger charge is -2.22. The molecule has 3 rings (SSSR count). The van der Waals surface area contributed by atoms with E-state index in [0.29, 0.717) is 0 Å². The van der Waals surface area contributed by atoms with Gasteiger partial charge in [0, 0.05) is 13.1 Å². The van der Waals surface area contributed by atoms with Crippen molar-refractivity contribution in [2.45, 2.75) is 40.5 Å². The molecule has 3 aromatic rings. The maximum Gasteiger partial charge on any atom is 0.168 e. The average Bonchev–Trinajstić information content (AvgIpc) is 3.01. The van der Waals surface area contributed by atoms with E-state index in [-0.39, 0.29) is 0 Å². The molecule has 2 heterocycles. The third kappa shape index (κ3) is 2.98. The number of fused-ring (bicyclic) bond motifs is 1. The number of nitrogens with zero attached hydrogens (tertiary/aromatic N) is 5. The molecule has 126 valence electrons. The van der Waals surface area contributed by atoms with E-state index < -0.39 is 0 Å². The predicted octanol–water partition coefficient (Wildman–Crippen LogP) is 4.06. The summed E-state index contributed by atoms with van der Waals surface area (Å²) in [5.41, 5.74) is 4.34. The van der Waals surface area contributed by atoms with Crippen LogP contribution in [0.3, 0.4) is 0 Å². The van der Waals surface area contributed by atoms with Crippen LogP contribution in [0, 0.1) is 13.8 Å². The van der Waals surface area contributed by atoms with E-state index in [1.54, 1.807) is 6.33 Å². The Morgan fingerprint density at radius 3 is 2.50 bits per heavy atom. The second kappa shape index (κ2) is 6.99. The first-order valence-corrected chi connectivity index (χ1v) is 8.67. The summed E-state index contributed by atoms with van der Waals surface area (Å²) in [6.07, 6.45) is 5.73. The molecule has 2 aromatic heterocycles. The fourth-order valence-corrected chi connectivity index (χ4v) is 3.07. The first-order valence-electron chi connectivity index (χ1n) is 8.67. The fourth-order valence-electron chi connectivity index (χ4n) is 3.07. The second-order valence-corrected chi connectivity index (χ2v) is 6.27. The van der Waals surface area contributed by atoms with Crippen LogP contribution in [0.4, 0.5) is 5.82 Å². The molecule has 0 radical (unpaired) electrons. The van der Waals surface area contributed by atoms with Gasteiger partial charge in [0.15, 0.2) is 5.65 Å². The standard InChI is InChI=1S/C19H25N5/c1-5-9-23(10-6-2)18-16-12-22-24(19(16)21-13-20-18)17-11-14(3)7-8-15(17)4/h7-8,11-13H,5-6,9-10H2,1-4H3. The van der Waals surface area contributed by atoms with E-state index in [4.69, 9.17) is 0 Å². The molecule has 0 bridgehead atoms. The summed E-state index contributed by atoms with van der Waals surface area (Å²) in [4.78, 5) is 11.4. The molecule has 5 heteroatoms. The molecule has 5 nitrogen and oxygen atoms in total. The highest BCUT2D eigenvalue weighted by atomic mass is 15.3. The lowest BCUT2D eigenvalue weighted by atomic mass is 10.1. The van der Waals surface area contributed by atoms with Crippen LogP contribution < -0.4 is 4.90 Å². The topological polar surface area (TPSA) is 46.8 Å². The van der Waals surface area contributed by atoms with Crippen LogP contribution >= 0.6 is 0 Å². The number of aromatic nitrogens is 4. The van der Waals surface area contributed by atoms with Crippen molar-refractivity contribution in [3.05, 3.63) is 41.9 Å². The zero-order valence-electron chi connectivity index (χ0n) is 15.0. The molecule has 0 saturated heterocycles. The van der Waals surface area contributed by atoms with E-state index in [1.807, 2.05) is 10.9 Å². The fraction of sp³-hybridized carbons (Fsp3) is 0.421. The van der Waals surface area contributed by atoms with Crippen molar-refractivity contribution < 1.29 is 0 Å². The van der Waals surface area contributed by atoms with Crippen molar-refractivity contribution in [1.82, 2.24) is 19.7 Å². The molecule has 24 heavy (non-hydrogen) atoms. The van der Waals surface area contributed by atoms with Crippen LogP contribution in [0.15, 0.2) is 30.7 Å². The predicted molar refractivity (Wildman–Crippen MR) is 98.9 cm³/mol. The molecule has 0 spiro atoms.